The number of hydrogen-bond donors (Lipinski definition) is 0. The Morgan fingerprint density at radius 3 is 2.70 bits per heavy atom. The minimum Gasteiger partial charge on any atom is -0.268 e. The lowest BCUT2D eigenvalue weighted by Crippen LogP contribution is -2.56. The topological polar surface area (TPSA) is 65.8 Å². The van der Waals surface area contributed by atoms with Crippen LogP contribution in [-0.2, 0) is 6.54 Å². The molecule has 1 fully saturated rings. The molecule has 0 atom stereocenters. The average molecular weight is 300 g/mol. The van der Waals surface area contributed by atoms with Crippen molar-refractivity contribution in [2.45, 2.75) is 19.9 Å². The molecule has 1 aromatic rings. The Morgan fingerprint density at radius 1 is 1.35 bits per heavy atom. The monoisotopic (exact) mass is 299 g/mol. The Bertz CT molecular complexity index is 456. The zero-order valence-corrected chi connectivity index (χ0v) is 12.2. The van der Waals surface area contributed by atoms with E-state index in [-0.39, 0.29) is 5.03 Å². The molecule has 0 aromatic carbocycles. The maximum Gasteiger partial charge on any atom is 0.162 e. The smallest absolute Gasteiger partial charge is 0.162 e. The molecule has 0 bridgehead atoms. The lowest BCUT2D eigenvalue weighted by atomic mass is 10.2. The number of nitrogens with zero attached hydrogens (tertiary/aromatic N) is 5. The molecule has 20 heavy (non-hydrogen) atoms. The minimum absolute atomic E-state index is 0.315. The zero-order chi connectivity index (χ0) is 14.5. The summed E-state index contributed by atoms with van der Waals surface area (Å²) in [5, 5.41) is 12.3. The van der Waals surface area contributed by atoms with E-state index in [1.165, 1.54) is 5.01 Å². The van der Waals surface area contributed by atoms with Gasteiger partial charge in [-0.1, -0.05) is 29.6 Å². The Hall–Kier alpha value is -1.44. The van der Waals surface area contributed by atoms with Crippen molar-refractivity contribution >= 4 is 11.6 Å². The molecule has 1 aromatic heterocycles. The van der Waals surface area contributed by atoms with Crippen molar-refractivity contribution in [3.8, 4) is 0 Å². The van der Waals surface area contributed by atoms with Gasteiger partial charge in [-0.25, -0.2) is 15.1 Å². The van der Waals surface area contributed by atoms with Crippen LogP contribution in [0.15, 0.2) is 18.3 Å². The molecule has 1 aliphatic rings. The second kappa shape index (κ2) is 6.83. The third-order valence-electron chi connectivity index (χ3n) is 3.09. The molecule has 7 nitrogen and oxygen atoms in total. The molecule has 0 amide bonds. The first-order valence-corrected chi connectivity index (χ1v) is 6.90. The molecule has 1 aliphatic heterocycles. The fourth-order valence-electron chi connectivity index (χ4n) is 2.30. The second-order valence-corrected chi connectivity index (χ2v) is 5.27. The summed E-state index contributed by atoms with van der Waals surface area (Å²) >= 11 is 5.75. The number of halogens is 1. The number of hydrazine groups is 1. The summed E-state index contributed by atoms with van der Waals surface area (Å²) in [7, 11) is 0. The largest absolute Gasteiger partial charge is 0.268 e. The van der Waals surface area contributed by atoms with Crippen LogP contribution in [0.1, 0.15) is 18.9 Å². The average Bonchev–Trinajstić information content (AvgIpc) is 2.41. The van der Waals surface area contributed by atoms with Gasteiger partial charge in [0.2, 0.25) is 0 Å². The highest BCUT2D eigenvalue weighted by molar-refractivity contribution is 6.29. The first kappa shape index (κ1) is 15.0. The van der Waals surface area contributed by atoms with Gasteiger partial charge in [-0.05, 0) is 18.1 Å². The molecule has 0 saturated carbocycles. The maximum absolute atomic E-state index is 11.0. The van der Waals surface area contributed by atoms with Crippen LogP contribution in [0.25, 0.3) is 0 Å². The molecule has 110 valence electrons. The van der Waals surface area contributed by atoms with E-state index in [1.54, 1.807) is 12.3 Å². The summed E-state index contributed by atoms with van der Waals surface area (Å²) in [5.41, 5.74) is 0.996. The highest BCUT2D eigenvalue weighted by Gasteiger charge is 2.28. The third-order valence-corrected chi connectivity index (χ3v) is 3.32. The Kier molecular flexibility index (Phi) is 5.11. The summed E-state index contributed by atoms with van der Waals surface area (Å²) < 4.78 is 0. The van der Waals surface area contributed by atoms with E-state index in [2.05, 4.69) is 16.8 Å². The standard InChI is InChI=1S/C12H18ClN5O2/c1-2-5-15-8-16(10-17(9-15)18(19)20)7-11-3-4-12(13)14-6-11/h3-4,6H,2,5,7-10H2,1H3. The van der Waals surface area contributed by atoms with Crippen LogP contribution >= 0.6 is 11.6 Å². The van der Waals surface area contributed by atoms with Crippen molar-refractivity contribution < 1.29 is 5.03 Å². The van der Waals surface area contributed by atoms with Crippen molar-refractivity contribution in [3.63, 3.8) is 0 Å². The quantitative estimate of drug-likeness (QED) is 0.468. The third kappa shape index (κ3) is 4.03. The van der Waals surface area contributed by atoms with Gasteiger partial charge >= 0.3 is 0 Å². The van der Waals surface area contributed by atoms with Crippen LogP contribution in [0, 0.1) is 10.1 Å². The number of pyridine rings is 1. The van der Waals surface area contributed by atoms with Crippen LogP contribution in [0.4, 0.5) is 0 Å². The van der Waals surface area contributed by atoms with E-state index in [4.69, 9.17) is 11.6 Å². The molecule has 2 heterocycles. The molecule has 8 heteroatoms. The second-order valence-electron chi connectivity index (χ2n) is 4.88. The van der Waals surface area contributed by atoms with Crippen LogP contribution in [0.5, 0.6) is 0 Å². The summed E-state index contributed by atoms with van der Waals surface area (Å²) in [4.78, 5) is 19.1. The fourth-order valence-corrected chi connectivity index (χ4v) is 2.41. The van der Waals surface area contributed by atoms with Gasteiger partial charge in [-0.3, -0.25) is 9.80 Å². The Morgan fingerprint density at radius 2 is 2.10 bits per heavy atom. The fraction of sp³-hybridized carbons (Fsp3) is 0.583. The predicted molar refractivity (Wildman–Crippen MR) is 75.2 cm³/mol. The van der Waals surface area contributed by atoms with Gasteiger partial charge in [-0.15, -0.1) is 0 Å². The number of aromatic nitrogens is 1. The Labute approximate surface area is 122 Å². The van der Waals surface area contributed by atoms with Crippen LogP contribution < -0.4 is 0 Å². The molecule has 0 unspecified atom stereocenters. The van der Waals surface area contributed by atoms with E-state index in [0.717, 1.165) is 25.2 Å². The first-order valence-electron chi connectivity index (χ1n) is 6.53. The van der Waals surface area contributed by atoms with Gasteiger partial charge in [0, 0.05) is 19.3 Å². The van der Waals surface area contributed by atoms with E-state index < -0.39 is 0 Å². The molecule has 2 rings (SSSR count). The summed E-state index contributed by atoms with van der Waals surface area (Å²) in [6, 6.07) is 3.63. The molecular formula is C12H18ClN5O2. The maximum atomic E-state index is 11.0. The van der Waals surface area contributed by atoms with Gasteiger partial charge in [0.1, 0.15) is 18.5 Å². The molecule has 0 spiro atoms. The van der Waals surface area contributed by atoms with Crippen LogP contribution in [-0.4, -0.2) is 51.4 Å². The molecule has 1 saturated heterocycles. The van der Waals surface area contributed by atoms with Crippen molar-refractivity contribution in [1.29, 1.82) is 0 Å². The van der Waals surface area contributed by atoms with Crippen molar-refractivity contribution in [1.82, 2.24) is 19.8 Å². The van der Waals surface area contributed by atoms with Crippen LogP contribution in [0.3, 0.4) is 0 Å². The Balaban J connectivity index is 2.01. The first-order chi connectivity index (χ1) is 9.58. The van der Waals surface area contributed by atoms with Crippen LogP contribution in [0.2, 0.25) is 5.15 Å². The number of nitro groups is 1. The van der Waals surface area contributed by atoms with Gasteiger partial charge in [0.15, 0.2) is 5.03 Å². The van der Waals surface area contributed by atoms with E-state index in [0.29, 0.717) is 25.0 Å². The van der Waals surface area contributed by atoms with Gasteiger partial charge < -0.3 is 0 Å². The number of rotatable bonds is 5. The van der Waals surface area contributed by atoms with Gasteiger partial charge in [-0.2, -0.15) is 0 Å². The molecule has 0 N–H and O–H groups in total. The normalized spacial score (nSPS) is 17.4. The van der Waals surface area contributed by atoms with E-state index in [1.807, 2.05) is 11.0 Å². The molecular weight excluding hydrogens is 282 g/mol. The van der Waals surface area contributed by atoms with Crippen molar-refractivity contribution in [2.75, 3.05) is 26.6 Å². The lowest BCUT2D eigenvalue weighted by molar-refractivity contribution is -0.668. The van der Waals surface area contributed by atoms with Gasteiger partial charge in [0.25, 0.3) is 0 Å². The number of hydrogen-bond acceptors (Lipinski definition) is 5. The lowest BCUT2D eigenvalue weighted by Gasteiger charge is -2.37. The van der Waals surface area contributed by atoms with Gasteiger partial charge in [0.05, 0.1) is 6.67 Å². The SMILES string of the molecule is CCCN1CN(Cc2ccc(Cl)nc2)CN([N+](=O)[O-])C1. The predicted octanol–water partition coefficient (Wildman–Crippen LogP) is 1.63. The summed E-state index contributed by atoms with van der Waals surface area (Å²) in [5.74, 6) is 0. The van der Waals surface area contributed by atoms with Crippen molar-refractivity contribution in [3.05, 3.63) is 39.2 Å². The highest BCUT2D eigenvalue weighted by Crippen LogP contribution is 2.13. The molecule has 0 radical (unpaired) electrons. The minimum atomic E-state index is -0.338. The summed E-state index contributed by atoms with van der Waals surface area (Å²) in [6.07, 6.45) is 2.68. The highest BCUT2D eigenvalue weighted by atomic mass is 35.5. The van der Waals surface area contributed by atoms with E-state index >= 15 is 0 Å². The molecule has 0 aliphatic carbocycles. The van der Waals surface area contributed by atoms with Crippen molar-refractivity contribution in [2.24, 2.45) is 0 Å². The summed E-state index contributed by atoms with van der Waals surface area (Å²) in [6.45, 7) is 4.94. The zero-order valence-electron chi connectivity index (χ0n) is 11.4. The van der Waals surface area contributed by atoms with E-state index in [9.17, 15) is 10.1 Å².